The van der Waals surface area contributed by atoms with Gasteiger partial charge in [0, 0.05) is 43.4 Å². The zero-order chi connectivity index (χ0) is 34.2. The number of hydrogen-bond acceptors (Lipinski definition) is 3. The van der Waals surface area contributed by atoms with Gasteiger partial charge in [-0.2, -0.15) is 0 Å². The molecule has 1 aromatic heterocycles. The number of aromatic nitrogens is 1. The number of aryl methyl sites for hydroxylation is 1. The Morgan fingerprint density at radius 3 is 1.89 bits per heavy atom. The van der Waals surface area contributed by atoms with Crippen molar-refractivity contribution in [3.63, 3.8) is 0 Å². The van der Waals surface area contributed by atoms with Crippen LogP contribution in [0, 0.1) is 24.8 Å². The molecule has 47 heavy (non-hydrogen) atoms. The monoisotopic (exact) mass is 843 g/mol. The molecule has 0 amide bonds. The Labute approximate surface area is 300 Å². The van der Waals surface area contributed by atoms with Crippen molar-refractivity contribution in [3.8, 4) is 22.4 Å². The summed E-state index contributed by atoms with van der Waals surface area (Å²) in [6, 6.07) is 28.1. The molecule has 0 saturated heterocycles. The number of nitrogens with zero attached hydrogens (tertiary/aromatic N) is 1. The molecular weight excluding hydrogens is 787 g/mol. The molecule has 0 aliphatic heterocycles. The Hall–Kier alpha value is -2.64. The van der Waals surface area contributed by atoms with E-state index >= 15 is 0 Å². The van der Waals surface area contributed by atoms with Crippen molar-refractivity contribution >= 4 is 43.2 Å². The van der Waals surface area contributed by atoms with Crippen LogP contribution in [0.4, 0.5) is 0 Å². The summed E-state index contributed by atoms with van der Waals surface area (Å²) in [6.07, 6.45) is 4.91. The van der Waals surface area contributed by atoms with Crippen LogP contribution in [0.15, 0.2) is 78.6 Å². The van der Waals surface area contributed by atoms with Crippen LogP contribution in [0.5, 0.6) is 0 Å². The molecule has 0 aliphatic rings. The van der Waals surface area contributed by atoms with E-state index in [1.54, 1.807) is 0 Å². The molecule has 4 rings (SSSR count). The number of rotatable bonds is 11. The number of aliphatic hydroxyl groups is 1. The summed E-state index contributed by atoms with van der Waals surface area (Å²) in [6.45, 7) is 24.6. The van der Waals surface area contributed by atoms with E-state index in [0.717, 1.165) is 42.5 Å². The molecule has 0 atom stereocenters. The summed E-state index contributed by atoms with van der Waals surface area (Å²) in [4.78, 5) is 16.8. The second kappa shape index (κ2) is 17.7. The first-order valence-electron chi connectivity index (χ1n) is 17.1. The van der Waals surface area contributed by atoms with Crippen LogP contribution in [0.25, 0.3) is 33.3 Å². The molecular formula is C41H56IrNO2Si2-. The Morgan fingerprint density at radius 2 is 1.36 bits per heavy atom. The van der Waals surface area contributed by atoms with Crippen LogP contribution in [0.3, 0.4) is 0 Å². The molecule has 0 fully saturated rings. The summed E-state index contributed by atoms with van der Waals surface area (Å²) >= 11 is 0. The molecule has 0 aliphatic carbocycles. The van der Waals surface area contributed by atoms with Crippen LogP contribution in [0.1, 0.15) is 58.9 Å². The number of ketones is 1. The van der Waals surface area contributed by atoms with Crippen LogP contribution < -0.4 is 10.4 Å². The minimum atomic E-state index is -1.43. The van der Waals surface area contributed by atoms with Gasteiger partial charge in [-0.25, -0.2) is 0 Å². The molecule has 0 saturated carbocycles. The van der Waals surface area contributed by atoms with Crippen LogP contribution in [-0.2, 0) is 24.9 Å². The number of pyridine rings is 1. The molecule has 1 N–H and O–H groups in total. The van der Waals surface area contributed by atoms with E-state index in [0.29, 0.717) is 0 Å². The minimum Gasteiger partial charge on any atom is -0.512 e. The van der Waals surface area contributed by atoms with Gasteiger partial charge in [-0.05, 0) is 48.6 Å². The van der Waals surface area contributed by atoms with Crippen molar-refractivity contribution in [1.29, 1.82) is 0 Å². The van der Waals surface area contributed by atoms with E-state index in [-0.39, 0.29) is 43.5 Å². The Bertz CT molecular complexity index is 1640. The molecule has 0 spiro atoms. The van der Waals surface area contributed by atoms with Gasteiger partial charge < -0.3 is 5.11 Å². The van der Waals surface area contributed by atoms with E-state index in [2.05, 4.69) is 119 Å². The average Bonchev–Trinajstić information content (AvgIpc) is 3.01. The Balaban J connectivity index is 0.000000410. The standard InChI is InChI=1S/C28H32NSi2.C13H24O2.Ir/c1-20-15-22(17-24(16-20)31(5,6)7)28-19-25(21-11-9-8-10-12-21)26-18-23(30(2,3)4)13-14-27(26)29-28;1-5-10(6-2)12(14)9-13(15)11(7-3)8-4;/h8-14,16-19H,1-7H3;9-11,14H,5-8H2,1-4H3;/q-1;;/b;12-9-;. The SMILES string of the molecule is CCC(CC)C(=O)/C=C(\O)C(CC)CC.Cc1[c-]c(-c2cc(-c3ccccc3)c3cc([Si](C)(C)C)ccc3n2)cc([Si](C)(C)C)c1.[Ir]. The molecule has 0 unspecified atom stereocenters. The average molecular weight is 843 g/mol. The van der Waals surface area contributed by atoms with Gasteiger partial charge in [0.05, 0.1) is 27.4 Å². The van der Waals surface area contributed by atoms with Gasteiger partial charge in [-0.3, -0.25) is 9.78 Å². The third-order valence-electron chi connectivity index (χ3n) is 8.99. The fourth-order valence-electron chi connectivity index (χ4n) is 5.75. The molecule has 4 aromatic rings. The first-order valence-corrected chi connectivity index (χ1v) is 24.1. The van der Waals surface area contributed by atoms with Crippen LogP contribution in [-0.4, -0.2) is 32.0 Å². The number of fused-ring (bicyclic) bond motifs is 1. The van der Waals surface area contributed by atoms with Gasteiger partial charge in [0.15, 0.2) is 5.78 Å². The molecule has 1 heterocycles. The Kier molecular flexibility index (Phi) is 15.2. The smallest absolute Gasteiger partial charge is 0.162 e. The summed E-state index contributed by atoms with van der Waals surface area (Å²) in [5.41, 5.74) is 6.85. The molecule has 6 heteroatoms. The number of allylic oxidation sites excluding steroid dienone is 2. The quantitative estimate of drug-likeness (QED) is 0.0708. The predicted molar refractivity (Wildman–Crippen MR) is 206 cm³/mol. The first-order chi connectivity index (χ1) is 21.6. The van der Waals surface area contributed by atoms with E-state index in [4.69, 9.17) is 4.98 Å². The summed E-state index contributed by atoms with van der Waals surface area (Å²) in [5.74, 6) is 0.547. The van der Waals surface area contributed by atoms with Crippen LogP contribution >= 0.6 is 0 Å². The largest absolute Gasteiger partial charge is 0.512 e. The molecule has 0 bridgehead atoms. The second-order valence-corrected chi connectivity index (χ2v) is 24.8. The predicted octanol–water partition coefficient (Wildman–Crippen LogP) is 10.6. The van der Waals surface area contributed by atoms with Crippen molar-refractivity contribution in [2.75, 3.05) is 0 Å². The van der Waals surface area contributed by atoms with Gasteiger partial charge in [0.2, 0.25) is 0 Å². The maximum absolute atomic E-state index is 11.7. The summed E-state index contributed by atoms with van der Waals surface area (Å²) < 4.78 is 0. The number of aliphatic hydroxyl groups excluding tert-OH is 1. The number of benzene rings is 3. The fourth-order valence-corrected chi connectivity index (χ4v) is 8.14. The van der Waals surface area contributed by atoms with E-state index in [1.807, 2.05) is 27.7 Å². The van der Waals surface area contributed by atoms with Crippen molar-refractivity contribution in [1.82, 2.24) is 4.98 Å². The summed E-state index contributed by atoms with van der Waals surface area (Å²) in [7, 11) is -2.85. The van der Waals surface area contributed by atoms with Crippen molar-refractivity contribution in [3.05, 3.63) is 90.2 Å². The van der Waals surface area contributed by atoms with Gasteiger partial charge in [-0.1, -0.05) is 128 Å². The summed E-state index contributed by atoms with van der Waals surface area (Å²) in [5, 5.41) is 13.9. The molecule has 255 valence electrons. The van der Waals surface area contributed by atoms with E-state index in [9.17, 15) is 9.90 Å². The van der Waals surface area contributed by atoms with E-state index < -0.39 is 16.1 Å². The molecule has 3 nitrogen and oxygen atoms in total. The van der Waals surface area contributed by atoms with Gasteiger partial charge in [0.25, 0.3) is 0 Å². The molecule has 1 radical (unpaired) electrons. The Morgan fingerprint density at radius 1 is 0.787 bits per heavy atom. The van der Waals surface area contributed by atoms with E-state index in [1.165, 1.54) is 38.5 Å². The topological polar surface area (TPSA) is 50.2 Å². The van der Waals surface area contributed by atoms with Crippen molar-refractivity contribution < 1.29 is 30.0 Å². The normalized spacial score (nSPS) is 12.1. The fraction of sp³-hybridized carbons (Fsp3) is 0.415. The van der Waals surface area contributed by atoms with Crippen molar-refractivity contribution in [2.45, 2.75) is 99.6 Å². The van der Waals surface area contributed by atoms with Crippen molar-refractivity contribution in [2.24, 2.45) is 11.8 Å². The van der Waals surface area contributed by atoms with Gasteiger partial charge >= 0.3 is 0 Å². The van der Waals surface area contributed by atoms with Gasteiger partial charge in [-0.15, -0.1) is 34.5 Å². The third kappa shape index (κ3) is 10.9. The first kappa shape index (κ1) is 40.5. The van der Waals surface area contributed by atoms with Gasteiger partial charge in [0.1, 0.15) is 0 Å². The zero-order valence-electron chi connectivity index (χ0n) is 30.5. The minimum absolute atomic E-state index is 0. The molecule has 3 aromatic carbocycles. The zero-order valence-corrected chi connectivity index (χ0v) is 34.9. The number of carbonyl (C=O) groups excluding carboxylic acids is 1. The number of carbonyl (C=O) groups is 1. The number of hydrogen-bond donors (Lipinski definition) is 1. The third-order valence-corrected chi connectivity index (χ3v) is 13.1. The maximum atomic E-state index is 11.7. The maximum Gasteiger partial charge on any atom is 0.162 e. The second-order valence-electron chi connectivity index (χ2n) is 14.6. The van der Waals surface area contributed by atoms with Crippen LogP contribution in [0.2, 0.25) is 39.3 Å².